The molecule has 0 radical (unpaired) electrons. The van der Waals surface area contributed by atoms with Crippen molar-refractivity contribution in [1.82, 2.24) is 10.2 Å². The van der Waals surface area contributed by atoms with E-state index in [9.17, 15) is 0 Å². The lowest BCUT2D eigenvalue weighted by Crippen LogP contribution is -2.11. The summed E-state index contributed by atoms with van der Waals surface area (Å²) in [6.07, 6.45) is 4.00. The Morgan fingerprint density at radius 3 is 2.50 bits per heavy atom. The van der Waals surface area contributed by atoms with Crippen molar-refractivity contribution in [2.75, 3.05) is 27.7 Å². The number of likely N-dealkylation sites (N-methyl/N-ethyl adjacent to an activating group) is 1. The molecule has 8 heavy (non-hydrogen) atoms. The van der Waals surface area contributed by atoms with Gasteiger partial charge in [0, 0.05) is 13.6 Å². The van der Waals surface area contributed by atoms with Gasteiger partial charge >= 0.3 is 0 Å². The van der Waals surface area contributed by atoms with Crippen LogP contribution in [0.1, 0.15) is 0 Å². The summed E-state index contributed by atoms with van der Waals surface area (Å²) in [7, 11) is 5.98. The second-order valence-electron chi connectivity index (χ2n) is 1.95. The molecule has 0 saturated heterocycles. The van der Waals surface area contributed by atoms with E-state index in [2.05, 4.69) is 16.3 Å². The van der Waals surface area contributed by atoms with Gasteiger partial charge in [0.1, 0.15) is 0 Å². The zero-order valence-electron chi connectivity index (χ0n) is 5.81. The van der Waals surface area contributed by atoms with Gasteiger partial charge in [-0.15, -0.1) is 0 Å². The number of hydrogen-bond donors (Lipinski definition) is 1. The minimum atomic E-state index is 1.00. The molecule has 0 spiro atoms. The summed E-state index contributed by atoms with van der Waals surface area (Å²) in [4.78, 5) is 2.10. The van der Waals surface area contributed by atoms with Gasteiger partial charge in [-0.25, -0.2) is 0 Å². The molecule has 0 aliphatic rings. The van der Waals surface area contributed by atoms with E-state index in [1.807, 2.05) is 27.3 Å². The van der Waals surface area contributed by atoms with E-state index in [1.165, 1.54) is 0 Å². The lowest BCUT2D eigenvalue weighted by atomic mass is 10.5. The normalized spacial score (nSPS) is 11.0. The summed E-state index contributed by atoms with van der Waals surface area (Å²) in [6.45, 7) is 1.00. The Bertz CT molecular complexity index is 66.9. The van der Waals surface area contributed by atoms with Crippen molar-refractivity contribution in [3.05, 3.63) is 12.3 Å². The van der Waals surface area contributed by atoms with Gasteiger partial charge in [0.05, 0.1) is 0 Å². The topological polar surface area (TPSA) is 15.3 Å². The average Bonchev–Trinajstić information content (AvgIpc) is 1.66. The van der Waals surface area contributed by atoms with Gasteiger partial charge in [-0.1, -0.05) is 6.08 Å². The third-order valence-electron chi connectivity index (χ3n) is 0.755. The van der Waals surface area contributed by atoms with E-state index in [4.69, 9.17) is 0 Å². The quantitative estimate of drug-likeness (QED) is 0.567. The van der Waals surface area contributed by atoms with Gasteiger partial charge in [0.2, 0.25) is 0 Å². The molecule has 0 bridgehead atoms. The number of nitrogens with zero attached hydrogens (tertiary/aromatic N) is 1. The number of nitrogens with one attached hydrogen (secondary N) is 1. The first-order valence-corrected chi connectivity index (χ1v) is 2.74. The summed E-state index contributed by atoms with van der Waals surface area (Å²) < 4.78 is 0. The van der Waals surface area contributed by atoms with Crippen molar-refractivity contribution in [2.45, 2.75) is 0 Å². The third kappa shape index (κ3) is 5.50. The van der Waals surface area contributed by atoms with Gasteiger partial charge in [0.15, 0.2) is 0 Å². The predicted molar refractivity (Wildman–Crippen MR) is 36.8 cm³/mol. The molecule has 0 aromatic heterocycles. The Morgan fingerprint density at radius 2 is 2.12 bits per heavy atom. The van der Waals surface area contributed by atoms with Gasteiger partial charge in [-0.05, 0) is 20.3 Å². The van der Waals surface area contributed by atoms with E-state index < -0.39 is 0 Å². The molecular formula is C6H14N2. The predicted octanol–water partition coefficient (Wildman–Crippen LogP) is 0.281. The highest BCUT2D eigenvalue weighted by Crippen LogP contribution is 1.72. The molecule has 0 aromatic rings. The van der Waals surface area contributed by atoms with Crippen LogP contribution in [0.25, 0.3) is 0 Å². The van der Waals surface area contributed by atoms with Crippen LogP contribution in [0.2, 0.25) is 0 Å². The summed E-state index contributed by atoms with van der Waals surface area (Å²) >= 11 is 0. The molecule has 0 aliphatic carbocycles. The van der Waals surface area contributed by atoms with Crippen molar-refractivity contribution in [3.63, 3.8) is 0 Å². The van der Waals surface area contributed by atoms with Gasteiger partial charge in [-0.2, -0.15) is 0 Å². The Balaban J connectivity index is 3.03. The van der Waals surface area contributed by atoms with Crippen molar-refractivity contribution >= 4 is 0 Å². The largest absolute Gasteiger partial charge is 0.394 e. The van der Waals surface area contributed by atoms with Gasteiger partial charge < -0.3 is 10.2 Å². The van der Waals surface area contributed by atoms with Crippen LogP contribution in [0.4, 0.5) is 0 Å². The molecule has 0 atom stereocenters. The fourth-order valence-electron chi connectivity index (χ4n) is 0.381. The molecule has 0 rings (SSSR count). The Kier molecular flexibility index (Phi) is 4.36. The maximum atomic E-state index is 2.92. The third-order valence-corrected chi connectivity index (χ3v) is 0.755. The first-order valence-electron chi connectivity index (χ1n) is 2.74. The van der Waals surface area contributed by atoms with Crippen molar-refractivity contribution < 1.29 is 0 Å². The van der Waals surface area contributed by atoms with Crippen LogP contribution < -0.4 is 5.32 Å². The maximum absolute atomic E-state index is 2.92. The molecule has 0 aromatic carbocycles. The van der Waals surface area contributed by atoms with E-state index in [0.29, 0.717) is 0 Å². The van der Waals surface area contributed by atoms with E-state index in [-0.39, 0.29) is 0 Å². The summed E-state index contributed by atoms with van der Waals surface area (Å²) in [5, 5.41) is 2.92. The Labute approximate surface area is 51.2 Å². The fraction of sp³-hybridized carbons (Fsp3) is 0.667. The number of hydrogen-bond acceptors (Lipinski definition) is 2. The maximum Gasteiger partial charge on any atom is 0.0174 e. The van der Waals surface area contributed by atoms with Gasteiger partial charge in [-0.3, -0.25) is 0 Å². The molecule has 0 heterocycles. The van der Waals surface area contributed by atoms with Crippen LogP contribution >= 0.6 is 0 Å². The Hall–Kier alpha value is -0.500. The SMILES string of the molecule is CN/C=C/CN(C)C. The summed E-state index contributed by atoms with van der Waals surface area (Å²) in [5.41, 5.74) is 0. The van der Waals surface area contributed by atoms with E-state index >= 15 is 0 Å². The first-order chi connectivity index (χ1) is 3.77. The Morgan fingerprint density at radius 1 is 1.50 bits per heavy atom. The fourth-order valence-corrected chi connectivity index (χ4v) is 0.381. The molecule has 2 heteroatoms. The molecule has 0 amide bonds. The molecule has 0 fully saturated rings. The minimum absolute atomic E-state index is 1.00. The van der Waals surface area contributed by atoms with Crippen molar-refractivity contribution in [1.29, 1.82) is 0 Å². The van der Waals surface area contributed by atoms with Crippen LogP contribution in [0.15, 0.2) is 12.3 Å². The molecule has 2 nitrogen and oxygen atoms in total. The van der Waals surface area contributed by atoms with Gasteiger partial charge in [0.25, 0.3) is 0 Å². The molecule has 1 N–H and O–H groups in total. The molecule has 0 saturated carbocycles. The smallest absolute Gasteiger partial charge is 0.0174 e. The minimum Gasteiger partial charge on any atom is -0.394 e. The first kappa shape index (κ1) is 7.50. The van der Waals surface area contributed by atoms with Crippen LogP contribution in [0.3, 0.4) is 0 Å². The summed E-state index contributed by atoms with van der Waals surface area (Å²) in [6, 6.07) is 0. The molecule has 48 valence electrons. The van der Waals surface area contributed by atoms with Crippen LogP contribution in [-0.4, -0.2) is 32.6 Å². The van der Waals surface area contributed by atoms with E-state index in [1.54, 1.807) is 0 Å². The number of rotatable bonds is 3. The lowest BCUT2D eigenvalue weighted by molar-refractivity contribution is 0.456. The summed E-state index contributed by atoms with van der Waals surface area (Å²) in [5.74, 6) is 0. The second-order valence-corrected chi connectivity index (χ2v) is 1.95. The molecule has 0 aliphatic heterocycles. The van der Waals surface area contributed by atoms with Crippen LogP contribution in [0, 0.1) is 0 Å². The standard InChI is InChI=1S/C6H14N2/c1-7-5-4-6-8(2)3/h4-5,7H,6H2,1-3H3/b5-4+. The van der Waals surface area contributed by atoms with Crippen molar-refractivity contribution in [2.24, 2.45) is 0 Å². The lowest BCUT2D eigenvalue weighted by Gasteiger charge is -2.02. The highest BCUT2D eigenvalue weighted by atomic mass is 15.0. The molecule has 0 unspecified atom stereocenters. The van der Waals surface area contributed by atoms with Crippen LogP contribution in [-0.2, 0) is 0 Å². The zero-order chi connectivity index (χ0) is 6.41. The highest BCUT2D eigenvalue weighted by Gasteiger charge is 1.78. The van der Waals surface area contributed by atoms with Crippen molar-refractivity contribution in [3.8, 4) is 0 Å². The zero-order valence-corrected chi connectivity index (χ0v) is 5.81. The van der Waals surface area contributed by atoms with Crippen LogP contribution in [0.5, 0.6) is 0 Å². The second kappa shape index (κ2) is 4.65. The molecular weight excluding hydrogens is 100 g/mol. The highest BCUT2D eigenvalue weighted by molar-refractivity contribution is 4.79. The van der Waals surface area contributed by atoms with E-state index in [0.717, 1.165) is 6.54 Å². The monoisotopic (exact) mass is 114 g/mol. The average molecular weight is 114 g/mol.